The maximum atomic E-state index is 12.2. The van der Waals surface area contributed by atoms with Gasteiger partial charge >= 0.3 is 0 Å². The van der Waals surface area contributed by atoms with Gasteiger partial charge in [0.15, 0.2) is 5.78 Å². The molecule has 0 aromatic rings. The molecule has 5 atom stereocenters. The van der Waals surface area contributed by atoms with Crippen molar-refractivity contribution in [3.63, 3.8) is 0 Å². The van der Waals surface area contributed by atoms with Gasteiger partial charge in [0, 0.05) is 6.42 Å². The van der Waals surface area contributed by atoms with Gasteiger partial charge in [-0.05, 0) is 82.5 Å². The summed E-state index contributed by atoms with van der Waals surface area (Å²) in [5.41, 5.74) is 3.01. The highest BCUT2D eigenvalue weighted by Crippen LogP contribution is 2.57. The number of carbonyl (C=O) groups is 1. The molecule has 30 heavy (non-hydrogen) atoms. The molecule has 0 spiro atoms. The van der Waals surface area contributed by atoms with Crippen LogP contribution in [-0.4, -0.2) is 38.9 Å². The molecule has 0 aromatic carbocycles. The Morgan fingerprint density at radius 2 is 1.93 bits per heavy atom. The predicted octanol–water partition coefficient (Wildman–Crippen LogP) is 4.64. The number of rotatable bonds is 6. The summed E-state index contributed by atoms with van der Waals surface area (Å²) >= 11 is 0. The molecule has 3 rings (SSSR count). The Morgan fingerprint density at radius 1 is 1.27 bits per heavy atom. The number of allylic oxidation sites excluding steroid dienone is 5. The molecule has 0 amide bonds. The van der Waals surface area contributed by atoms with Crippen LogP contribution in [0.25, 0.3) is 0 Å². The number of ketones is 1. The monoisotopic (exact) mass is 416 g/mol. The molecule has 4 heteroatoms. The first kappa shape index (κ1) is 23.4. The zero-order valence-electron chi connectivity index (χ0n) is 19.2. The summed E-state index contributed by atoms with van der Waals surface area (Å²) in [5, 5.41) is 29.8. The predicted molar refractivity (Wildman–Crippen MR) is 120 cm³/mol. The van der Waals surface area contributed by atoms with Gasteiger partial charge in [0.1, 0.15) is 5.60 Å². The van der Waals surface area contributed by atoms with Crippen molar-refractivity contribution in [3.8, 4) is 0 Å². The van der Waals surface area contributed by atoms with E-state index in [1.165, 1.54) is 24.0 Å². The first-order valence-electron chi connectivity index (χ1n) is 11.7. The number of fused-ring (bicyclic) bond motifs is 1. The Hall–Kier alpha value is -1.23. The fraction of sp³-hybridized carbons (Fsp3) is 0.731. The van der Waals surface area contributed by atoms with Crippen molar-refractivity contribution in [3.05, 3.63) is 34.9 Å². The van der Waals surface area contributed by atoms with Gasteiger partial charge in [-0.25, -0.2) is 0 Å². The van der Waals surface area contributed by atoms with Crippen molar-refractivity contribution in [1.29, 1.82) is 0 Å². The van der Waals surface area contributed by atoms with Gasteiger partial charge < -0.3 is 15.3 Å². The zero-order chi connectivity index (χ0) is 22.1. The van der Waals surface area contributed by atoms with Crippen LogP contribution in [0.1, 0.15) is 85.5 Å². The molecule has 2 saturated carbocycles. The first-order chi connectivity index (χ1) is 14.0. The van der Waals surface area contributed by atoms with Gasteiger partial charge in [0.05, 0.1) is 12.2 Å². The molecule has 3 N–H and O–H groups in total. The van der Waals surface area contributed by atoms with Crippen LogP contribution < -0.4 is 0 Å². The van der Waals surface area contributed by atoms with Gasteiger partial charge in [0.25, 0.3) is 0 Å². The van der Waals surface area contributed by atoms with Crippen LogP contribution in [0.5, 0.6) is 0 Å². The van der Waals surface area contributed by atoms with Gasteiger partial charge in [-0.1, -0.05) is 48.8 Å². The summed E-state index contributed by atoms with van der Waals surface area (Å²) in [6, 6.07) is 0. The quantitative estimate of drug-likeness (QED) is 0.551. The highest BCUT2D eigenvalue weighted by atomic mass is 16.3. The molecule has 3 aliphatic rings. The molecule has 2 fully saturated rings. The van der Waals surface area contributed by atoms with E-state index in [1.54, 1.807) is 13.8 Å². The second-order valence-electron chi connectivity index (χ2n) is 10.7. The summed E-state index contributed by atoms with van der Waals surface area (Å²) in [5.74, 6) is 0.763. The highest BCUT2D eigenvalue weighted by molar-refractivity contribution is 5.86. The summed E-state index contributed by atoms with van der Waals surface area (Å²) in [7, 11) is 0. The van der Waals surface area contributed by atoms with E-state index in [9.17, 15) is 20.1 Å². The van der Waals surface area contributed by atoms with Gasteiger partial charge in [0.2, 0.25) is 0 Å². The van der Waals surface area contributed by atoms with Crippen molar-refractivity contribution in [1.82, 2.24) is 0 Å². The molecule has 4 nitrogen and oxygen atoms in total. The fourth-order valence-corrected chi connectivity index (χ4v) is 5.96. The number of hydrogen-bond acceptors (Lipinski definition) is 4. The molecule has 168 valence electrons. The van der Waals surface area contributed by atoms with E-state index >= 15 is 0 Å². The lowest BCUT2D eigenvalue weighted by atomic mass is 9.62. The Labute approximate surface area is 181 Å². The maximum Gasteiger partial charge on any atom is 0.163 e. The maximum absolute atomic E-state index is 12.2. The second kappa shape index (κ2) is 9.10. The van der Waals surface area contributed by atoms with Crippen molar-refractivity contribution in [2.75, 3.05) is 0 Å². The minimum Gasteiger partial charge on any atom is -0.393 e. The van der Waals surface area contributed by atoms with E-state index in [2.05, 4.69) is 32.1 Å². The van der Waals surface area contributed by atoms with Gasteiger partial charge in [-0.3, -0.25) is 4.79 Å². The second-order valence-corrected chi connectivity index (χ2v) is 10.7. The van der Waals surface area contributed by atoms with Crippen molar-refractivity contribution in [2.45, 2.75) is 103 Å². The average molecular weight is 417 g/mol. The Morgan fingerprint density at radius 3 is 2.57 bits per heavy atom. The standard InChI is InChI=1S/C26H40O4/c1-17(7-12-24(29)25(2,3)30)22-10-11-23-19(6-5-13-26(22,23)4)9-8-18-14-20(27)16-21(28)15-18/h8-10,17,20-21,23,27-28,30H,5-7,11-16H2,1-4H3/b19-9+/t17-,20-,21-,23?,26-/m1/s1. The topological polar surface area (TPSA) is 77.8 Å². The molecule has 0 aromatic heterocycles. The van der Waals surface area contributed by atoms with Crippen LogP contribution in [0.3, 0.4) is 0 Å². The fourth-order valence-electron chi connectivity index (χ4n) is 5.96. The number of Topliss-reactive ketones (excluding diaryl/α,β-unsaturated/α-hetero) is 1. The minimum atomic E-state index is -1.25. The molecule has 0 heterocycles. The molecule has 0 bridgehead atoms. The van der Waals surface area contributed by atoms with Crippen LogP contribution >= 0.6 is 0 Å². The van der Waals surface area contributed by atoms with Crippen LogP contribution in [0, 0.1) is 17.3 Å². The normalized spacial score (nSPS) is 34.5. The molecule has 3 aliphatic carbocycles. The summed E-state index contributed by atoms with van der Waals surface area (Å²) in [6.07, 6.45) is 13.5. The lowest BCUT2D eigenvalue weighted by molar-refractivity contribution is -0.134. The van der Waals surface area contributed by atoms with Gasteiger partial charge in [-0.2, -0.15) is 0 Å². The van der Waals surface area contributed by atoms with Crippen LogP contribution in [0.15, 0.2) is 34.9 Å². The third kappa shape index (κ3) is 5.15. The van der Waals surface area contributed by atoms with Crippen LogP contribution in [0.2, 0.25) is 0 Å². The molecular formula is C26H40O4. The average Bonchev–Trinajstić information content (AvgIpc) is 3.00. The lowest BCUT2D eigenvalue weighted by Crippen LogP contribution is -2.34. The Kier molecular flexibility index (Phi) is 7.11. The largest absolute Gasteiger partial charge is 0.393 e. The molecule has 1 unspecified atom stereocenters. The SMILES string of the molecule is C[C@H](CCC(=O)C(C)(C)O)C1=CCC2/C(=C/C=C3C[C@@H](O)C[C@H](O)C3)CCC[C@]12C. The Balaban J connectivity index is 1.69. The van der Waals surface area contributed by atoms with Crippen molar-refractivity contribution >= 4 is 5.78 Å². The van der Waals surface area contributed by atoms with E-state index in [0.717, 1.165) is 24.8 Å². The number of hydrogen-bond donors (Lipinski definition) is 3. The van der Waals surface area contributed by atoms with E-state index < -0.39 is 17.8 Å². The molecule has 0 saturated heterocycles. The van der Waals surface area contributed by atoms with E-state index in [-0.39, 0.29) is 11.2 Å². The summed E-state index contributed by atoms with van der Waals surface area (Å²) < 4.78 is 0. The number of aliphatic hydroxyl groups is 3. The number of carbonyl (C=O) groups excluding carboxylic acids is 1. The van der Waals surface area contributed by atoms with Crippen LogP contribution in [-0.2, 0) is 4.79 Å². The smallest absolute Gasteiger partial charge is 0.163 e. The van der Waals surface area contributed by atoms with E-state index in [1.807, 2.05) is 0 Å². The van der Waals surface area contributed by atoms with Crippen LogP contribution in [0.4, 0.5) is 0 Å². The third-order valence-corrected chi connectivity index (χ3v) is 7.70. The Bertz CT molecular complexity index is 727. The highest BCUT2D eigenvalue weighted by Gasteiger charge is 2.46. The summed E-state index contributed by atoms with van der Waals surface area (Å²) in [6.45, 7) is 7.76. The van der Waals surface area contributed by atoms with Crippen molar-refractivity contribution in [2.24, 2.45) is 17.3 Å². The third-order valence-electron chi connectivity index (χ3n) is 7.70. The minimum absolute atomic E-state index is 0.0811. The number of aliphatic hydroxyl groups excluding tert-OH is 2. The zero-order valence-corrected chi connectivity index (χ0v) is 19.2. The first-order valence-corrected chi connectivity index (χ1v) is 11.7. The molecule has 0 aliphatic heterocycles. The van der Waals surface area contributed by atoms with E-state index in [4.69, 9.17) is 0 Å². The van der Waals surface area contributed by atoms with Gasteiger partial charge in [-0.15, -0.1) is 0 Å². The van der Waals surface area contributed by atoms with E-state index in [0.29, 0.717) is 37.5 Å². The van der Waals surface area contributed by atoms with Crippen molar-refractivity contribution < 1.29 is 20.1 Å². The summed E-state index contributed by atoms with van der Waals surface area (Å²) in [4.78, 5) is 12.2. The lowest BCUT2D eigenvalue weighted by Gasteiger charge is -2.42. The molecule has 0 radical (unpaired) electrons. The molecular weight excluding hydrogens is 376 g/mol.